The number of hydrogen-bond acceptors (Lipinski definition) is 1. The van der Waals surface area contributed by atoms with E-state index >= 15 is 0 Å². The molecule has 0 spiro atoms. The van der Waals surface area contributed by atoms with E-state index in [2.05, 4.69) is 4.98 Å². The van der Waals surface area contributed by atoms with Crippen molar-refractivity contribution in [1.82, 2.24) is 9.38 Å². The Balaban J connectivity index is 2.24. The first kappa shape index (κ1) is 10.6. The van der Waals surface area contributed by atoms with Crippen LogP contribution in [0.3, 0.4) is 0 Å². The summed E-state index contributed by atoms with van der Waals surface area (Å²) in [6.45, 7) is 0. The molecule has 0 N–H and O–H groups in total. The van der Waals surface area contributed by atoms with Gasteiger partial charge >= 0.3 is 0 Å². The van der Waals surface area contributed by atoms with Gasteiger partial charge in [-0.2, -0.15) is 0 Å². The summed E-state index contributed by atoms with van der Waals surface area (Å²) in [4.78, 5) is 4.39. The number of fused-ring (bicyclic) bond motifs is 1. The normalized spacial score (nSPS) is 10.9. The lowest BCUT2D eigenvalue weighted by Gasteiger charge is -2.02. The van der Waals surface area contributed by atoms with E-state index in [-0.39, 0.29) is 0 Å². The monoisotopic (exact) mass is 262 g/mol. The van der Waals surface area contributed by atoms with Gasteiger partial charge in [0.1, 0.15) is 5.82 Å². The van der Waals surface area contributed by atoms with E-state index < -0.39 is 0 Å². The number of nitrogens with zero attached hydrogens (tertiary/aromatic N) is 2. The maximum absolute atomic E-state index is 6.10. The molecule has 0 amide bonds. The summed E-state index contributed by atoms with van der Waals surface area (Å²) in [6.07, 6.45) is 3.71. The van der Waals surface area contributed by atoms with Crippen LogP contribution in [0.5, 0.6) is 0 Å². The molecule has 1 aromatic carbocycles. The number of imidazole rings is 1. The quantitative estimate of drug-likeness (QED) is 0.639. The van der Waals surface area contributed by atoms with Crippen LogP contribution in [0.2, 0.25) is 10.0 Å². The first-order chi connectivity index (χ1) is 8.25. The van der Waals surface area contributed by atoms with E-state index in [9.17, 15) is 0 Å². The molecule has 3 aromatic rings. The SMILES string of the molecule is Clc1ccc(-c2ncc3c(Cl)cccn23)cc1. The van der Waals surface area contributed by atoms with Crippen molar-refractivity contribution in [3.05, 3.63) is 58.8 Å². The molecule has 0 aliphatic rings. The van der Waals surface area contributed by atoms with Crippen LogP contribution in [0.25, 0.3) is 16.9 Å². The molecular formula is C13H8Cl2N2. The molecule has 0 fully saturated rings. The summed E-state index contributed by atoms with van der Waals surface area (Å²) in [5.74, 6) is 0.860. The minimum Gasteiger partial charge on any atom is -0.298 e. The minimum atomic E-state index is 0.695. The van der Waals surface area contributed by atoms with E-state index in [4.69, 9.17) is 23.2 Å². The van der Waals surface area contributed by atoms with Crippen LogP contribution in [-0.4, -0.2) is 9.38 Å². The Kier molecular flexibility index (Phi) is 2.54. The molecule has 17 heavy (non-hydrogen) atoms. The fourth-order valence-electron chi connectivity index (χ4n) is 1.80. The fraction of sp³-hybridized carbons (Fsp3) is 0. The number of benzene rings is 1. The van der Waals surface area contributed by atoms with Crippen molar-refractivity contribution < 1.29 is 0 Å². The second kappa shape index (κ2) is 4.06. The fourth-order valence-corrected chi connectivity index (χ4v) is 2.14. The third-order valence-corrected chi connectivity index (χ3v) is 3.19. The van der Waals surface area contributed by atoms with Crippen LogP contribution in [-0.2, 0) is 0 Å². The van der Waals surface area contributed by atoms with Crippen molar-refractivity contribution in [3.8, 4) is 11.4 Å². The van der Waals surface area contributed by atoms with E-state index in [0.717, 1.165) is 16.9 Å². The largest absolute Gasteiger partial charge is 0.298 e. The zero-order chi connectivity index (χ0) is 11.8. The summed E-state index contributed by atoms with van der Waals surface area (Å²) in [5.41, 5.74) is 1.91. The minimum absolute atomic E-state index is 0.695. The molecule has 3 rings (SSSR count). The second-order valence-electron chi connectivity index (χ2n) is 3.70. The molecule has 2 aromatic heterocycles. The highest BCUT2D eigenvalue weighted by Gasteiger charge is 2.07. The average Bonchev–Trinajstić information content (AvgIpc) is 2.75. The van der Waals surface area contributed by atoms with Gasteiger partial charge in [0.25, 0.3) is 0 Å². The predicted molar refractivity (Wildman–Crippen MR) is 70.6 cm³/mol. The van der Waals surface area contributed by atoms with Crippen LogP contribution in [0.15, 0.2) is 48.8 Å². The molecule has 2 nitrogen and oxygen atoms in total. The van der Waals surface area contributed by atoms with Gasteiger partial charge in [0.15, 0.2) is 0 Å². The summed E-state index contributed by atoms with van der Waals surface area (Å²) >= 11 is 12.0. The molecule has 0 atom stereocenters. The molecule has 0 unspecified atom stereocenters. The molecular weight excluding hydrogens is 255 g/mol. The summed E-state index contributed by atoms with van der Waals surface area (Å²) < 4.78 is 1.96. The van der Waals surface area contributed by atoms with Crippen LogP contribution < -0.4 is 0 Å². The van der Waals surface area contributed by atoms with Gasteiger partial charge in [0.05, 0.1) is 16.7 Å². The third-order valence-electron chi connectivity index (χ3n) is 2.62. The lowest BCUT2D eigenvalue weighted by atomic mass is 10.2. The van der Waals surface area contributed by atoms with Crippen molar-refractivity contribution in [1.29, 1.82) is 0 Å². The Labute approximate surface area is 108 Å². The van der Waals surface area contributed by atoms with Crippen LogP contribution in [0.4, 0.5) is 0 Å². The van der Waals surface area contributed by atoms with E-state index in [0.29, 0.717) is 10.0 Å². The van der Waals surface area contributed by atoms with E-state index in [1.165, 1.54) is 0 Å². The van der Waals surface area contributed by atoms with Crippen molar-refractivity contribution >= 4 is 28.7 Å². The molecule has 0 saturated heterocycles. The molecule has 4 heteroatoms. The molecule has 0 radical (unpaired) electrons. The van der Waals surface area contributed by atoms with Gasteiger partial charge < -0.3 is 0 Å². The molecule has 0 saturated carbocycles. The van der Waals surface area contributed by atoms with Gasteiger partial charge in [-0.05, 0) is 36.4 Å². The first-order valence-electron chi connectivity index (χ1n) is 5.13. The Morgan fingerprint density at radius 3 is 2.53 bits per heavy atom. The van der Waals surface area contributed by atoms with Crippen molar-refractivity contribution in [2.24, 2.45) is 0 Å². The Hall–Kier alpha value is -1.51. The molecule has 0 aliphatic heterocycles. The Bertz CT molecular complexity index is 671. The summed E-state index contributed by atoms with van der Waals surface area (Å²) in [5, 5.41) is 1.41. The van der Waals surface area contributed by atoms with Gasteiger partial charge in [-0.3, -0.25) is 4.40 Å². The molecule has 2 heterocycles. The number of hydrogen-bond donors (Lipinski definition) is 0. The number of rotatable bonds is 1. The Morgan fingerprint density at radius 2 is 1.76 bits per heavy atom. The molecule has 0 bridgehead atoms. The van der Waals surface area contributed by atoms with E-state index in [1.54, 1.807) is 6.20 Å². The van der Waals surface area contributed by atoms with Crippen molar-refractivity contribution in [3.63, 3.8) is 0 Å². The van der Waals surface area contributed by atoms with Gasteiger partial charge in [0, 0.05) is 16.8 Å². The Morgan fingerprint density at radius 1 is 1.00 bits per heavy atom. The maximum Gasteiger partial charge on any atom is 0.144 e. The van der Waals surface area contributed by atoms with Crippen LogP contribution >= 0.6 is 23.2 Å². The third kappa shape index (κ3) is 1.79. The zero-order valence-electron chi connectivity index (χ0n) is 8.77. The van der Waals surface area contributed by atoms with E-state index in [1.807, 2.05) is 47.0 Å². The highest BCUT2D eigenvalue weighted by Crippen LogP contribution is 2.24. The average molecular weight is 263 g/mol. The number of halogens is 2. The summed E-state index contributed by atoms with van der Waals surface area (Å²) in [7, 11) is 0. The zero-order valence-corrected chi connectivity index (χ0v) is 10.3. The topological polar surface area (TPSA) is 17.3 Å². The highest BCUT2D eigenvalue weighted by atomic mass is 35.5. The number of aromatic nitrogens is 2. The lowest BCUT2D eigenvalue weighted by molar-refractivity contribution is 1.16. The molecule has 84 valence electrons. The first-order valence-corrected chi connectivity index (χ1v) is 5.89. The summed E-state index contributed by atoms with van der Waals surface area (Å²) in [6, 6.07) is 11.3. The van der Waals surface area contributed by atoms with Gasteiger partial charge in [-0.1, -0.05) is 23.2 Å². The predicted octanol–water partition coefficient (Wildman–Crippen LogP) is 4.31. The van der Waals surface area contributed by atoms with Gasteiger partial charge in [0.2, 0.25) is 0 Å². The van der Waals surface area contributed by atoms with Crippen molar-refractivity contribution in [2.45, 2.75) is 0 Å². The van der Waals surface area contributed by atoms with Gasteiger partial charge in [-0.25, -0.2) is 4.98 Å². The van der Waals surface area contributed by atoms with Crippen LogP contribution in [0.1, 0.15) is 0 Å². The van der Waals surface area contributed by atoms with Gasteiger partial charge in [-0.15, -0.1) is 0 Å². The molecule has 0 aliphatic carbocycles. The highest BCUT2D eigenvalue weighted by molar-refractivity contribution is 6.33. The number of pyridine rings is 1. The van der Waals surface area contributed by atoms with Crippen molar-refractivity contribution in [2.75, 3.05) is 0 Å². The standard InChI is InChI=1S/C13H8Cl2N2/c14-10-5-3-9(4-6-10)13-16-8-12-11(15)2-1-7-17(12)13/h1-8H. The lowest BCUT2D eigenvalue weighted by Crippen LogP contribution is -1.88. The second-order valence-corrected chi connectivity index (χ2v) is 4.54. The smallest absolute Gasteiger partial charge is 0.144 e. The maximum atomic E-state index is 6.10. The van der Waals surface area contributed by atoms with Crippen LogP contribution in [0, 0.1) is 0 Å².